The molecule has 3 heterocycles. The van der Waals surface area contributed by atoms with Gasteiger partial charge in [-0.1, -0.05) is 18.2 Å². The largest absolute Gasteiger partial charge is 0.368 e. The molecule has 0 bridgehead atoms. The van der Waals surface area contributed by atoms with Crippen molar-refractivity contribution in [3.05, 3.63) is 81.1 Å². The van der Waals surface area contributed by atoms with E-state index in [2.05, 4.69) is 10.00 Å². The minimum Gasteiger partial charge on any atom is -0.368 e. The van der Waals surface area contributed by atoms with Crippen LogP contribution in [-0.4, -0.2) is 57.9 Å². The van der Waals surface area contributed by atoms with Gasteiger partial charge in [-0.15, -0.1) is 5.10 Å². The Labute approximate surface area is 188 Å². The van der Waals surface area contributed by atoms with Crippen LogP contribution in [0.3, 0.4) is 0 Å². The third kappa shape index (κ3) is 3.99. The van der Waals surface area contributed by atoms with Gasteiger partial charge in [-0.05, 0) is 36.4 Å². The lowest BCUT2D eigenvalue weighted by atomic mass is 10.2. The number of halogens is 1. The summed E-state index contributed by atoms with van der Waals surface area (Å²) in [7, 11) is 0. The molecule has 10 heteroatoms. The maximum Gasteiger partial charge on any atom is 0.333 e. The van der Waals surface area contributed by atoms with E-state index >= 15 is 0 Å². The molecule has 0 atom stereocenters. The number of rotatable bonds is 4. The fourth-order valence-corrected chi connectivity index (χ4v) is 4.28. The van der Waals surface area contributed by atoms with Crippen LogP contribution < -0.4 is 20.9 Å². The molecule has 0 unspecified atom stereocenters. The molecule has 0 radical (unpaired) electrons. The number of hydrogen-bond donors (Lipinski definition) is 0. The minimum atomic E-state index is -0.823. The number of anilines is 3. The van der Waals surface area contributed by atoms with Crippen molar-refractivity contribution in [2.24, 2.45) is 0 Å². The van der Waals surface area contributed by atoms with Crippen LogP contribution in [0.1, 0.15) is 0 Å². The fourth-order valence-electron chi connectivity index (χ4n) is 4.28. The SMILES string of the molecule is O=C(Cn1nc2n(c(=O)c1=O)CCN2c1ccc(F)cc1)N1CCN(c2ccccc2)CC1. The normalized spacial score (nSPS) is 15.6. The predicted octanol–water partition coefficient (Wildman–Crippen LogP) is 1.04. The van der Waals surface area contributed by atoms with Gasteiger partial charge in [-0.2, -0.15) is 0 Å². The van der Waals surface area contributed by atoms with Crippen LogP contribution in [0.15, 0.2) is 64.2 Å². The summed E-state index contributed by atoms with van der Waals surface area (Å²) in [5, 5.41) is 4.33. The second-order valence-corrected chi connectivity index (χ2v) is 8.05. The van der Waals surface area contributed by atoms with Crippen LogP contribution in [0.4, 0.5) is 21.7 Å². The van der Waals surface area contributed by atoms with Crippen molar-refractivity contribution in [3.63, 3.8) is 0 Å². The predicted molar refractivity (Wildman–Crippen MR) is 121 cm³/mol. The average Bonchev–Trinajstić information content (AvgIpc) is 3.27. The Hall–Kier alpha value is -3.95. The number of carbonyl (C=O) groups is 1. The van der Waals surface area contributed by atoms with Crippen molar-refractivity contribution in [2.75, 3.05) is 42.5 Å². The van der Waals surface area contributed by atoms with E-state index in [1.165, 1.54) is 16.7 Å². The molecular formula is C23H23FN6O3. The zero-order valence-corrected chi connectivity index (χ0v) is 17.9. The van der Waals surface area contributed by atoms with Crippen LogP contribution in [0, 0.1) is 5.82 Å². The lowest BCUT2D eigenvalue weighted by Gasteiger charge is -2.36. The number of aromatic nitrogens is 3. The van der Waals surface area contributed by atoms with Gasteiger partial charge in [0.2, 0.25) is 11.9 Å². The summed E-state index contributed by atoms with van der Waals surface area (Å²) in [6.45, 7) is 2.83. The van der Waals surface area contributed by atoms with Crippen LogP contribution in [0.5, 0.6) is 0 Å². The van der Waals surface area contributed by atoms with Gasteiger partial charge in [0.05, 0.1) is 0 Å². The van der Waals surface area contributed by atoms with Crippen LogP contribution in [-0.2, 0) is 17.9 Å². The minimum absolute atomic E-state index is 0.256. The number of hydrogen-bond acceptors (Lipinski definition) is 6. The standard InChI is InChI=1S/C23H23FN6O3/c24-17-6-8-19(9-7-17)28-14-15-29-21(32)22(33)30(25-23(28)29)16-20(31)27-12-10-26(11-13-27)18-4-2-1-3-5-18/h1-9H,10-16H2. The van der Waals surface area contributed by atoms with Crippen molar-refractivity contribution in [1.82, 2.24) is 19.2 Å². The molecule has 1 amide bonds. The zero-order valence-electron chi connectivity index (χ0n) is 17.9. The lowest BCUT2D eigenvalue weighted by Crippen LogP contribution is -2.51. The topological polar surface area (TPSA) is 83.7 Å². The van der Waals surface area contributed by atoms with E-state index in [-0.39, 0.29) is 24.2 Å². The molecule has 3 aromatic rings. The molecule has 0 aliphatic carbocycles. The molecule has 0 N–H and O–H groups in total. The highest BCUT2D eigenvalue weighted by Gasteiger charge is 2.28. The van der Waals surface area contributed by atoms with Crippen molar-refractivity contribution >= 4 is 23.2 Å². The monoisotopic (exact) mass is 450 g/mol. The van der Waals surface area contributed by atoms with E-state index in [1.54, 1.807) is 21.9 Å². The van der Waals surface area contributed by atoms with Gasteiger partial charge < -0.3 is 14.7 Å². The third-order valence-electron chi connectivity index (χ3n) is 6.08. The summed E-state index contributed by atoms with van der Waals surface area (Å²) < 4.78 is 15.6. The molecule has 2 aliphatic rings. The summed E-state index contributed by atoms with van der Waals surface area (Å²) in [5.41, 5.74) is 0.223. The smallest absolute Gasteiger partial charge is 0.333 e. The highest BCUT2D eigenvalue weighted by atomic mass is 19.1. The second-order valence-electron chi connectivity index (χ2n) is 8.05. The highest BCUT2D eigenvalue weighted by Crippen LogP contribution is 2.26. The molecule has 1 aromatic heterocycles. The Kier molecular flexibility index (Phi) is 5.41. The Morgan fingerprint density at radius 2 is 1.52 bits per heavy atom. The number of nitrogens with zero attached hydrogens (tertiary/aromatic N) is 6. The first-order chi connectivity index (χ1) is 16.0. The molecule has 1 fully saturated rings. The Morgan fingerprint density at radius 3 is 2.21 bits per heavy atom. The Balaban J connectivity index is 1.33. The number of fused-ring (bicyclic) bond motifs is 1. The maximum atomic E-state index is 13.3. The van der Waals surface area contributed by atoms with E-state index in [1.807, 2.05) is 30.3 Å². The van der Waals surface area contributed by atoms with Crippen LogP contribution >= 0.6 is 0 Å². The molecule has 0 spiro atoms. The van der Waals surface area contributed by atoms with E-state index < -0.39 is 11.1 Å². The summed E-state index contributed by atoms with van der Waals surface area (Å²) >= 11 is 0. The second kappa shape index (κ2) is 8.53. The Bertz CT molecular complexity index is 1280. The Morgan fingerprint density at radius 1 is 0.818 bits per heavy atom. The number of para-hydroxylation sites is 1. The van der Waals surface area contributed by atoms with Crippen molar-refractivity contribution in [2.45, 2.75) is 13.1 Å². The van der Waals surface area contributed by atoms with Crippen molar-refractivity contribution in [3.8, 4) is 0 Å². The quantitative estimate of drug-likeness (QED) is 0.553. The van der Waals surface area contributed by atoms with Crippen LogP contribution in [0.25, 0.3) is 0 Å². The van der Waals surface area contributed by atoms with Crippen LogP contribution in [0.2, 0.25) is 0 Å². The van der Waals surface area contributed by atoms with Crippen molar-refractivity contribution < 1.29 is 9.18 Å². The van der Waals surface area contributed by atoms with Gasteiger partial charge in [-0.25, -0.2) is 9.07 Å². The maximum absolute atomic E-state index is 13.3. The van der Waals surface area contributed by atoms with E-state index in [0.717, 1.165) is 10.4 Å². The molecule has 9 nitrogen and oxygen atoms in total. The first-order valence-corrected chi connectivity index (χ1v) is 10.8. The lowest BCUT2D eigenvalue weighted by molar-refractivity contribution is -0.132. The summed E-state index contributed by atoms with van der Waals surface area (Å²) in [5.74, 6) is -0.355. The average molecular weight is 450 g/mol. The third-order valence-corrected chi connectivity index (χ3v) is 6.08. The number of benzene rings is 2. The van der Waals surface area contributed by atoms with Gasteiger partial charge >= 0.3 is 11.1 Å². The van der Waals surface area contributed by atoms with Gasteiger partial charge in [-0.3, -0.25) is 19.0 Å². The first-order valence-electron chi connectivity index (χ1n) is 10.8. The van der Waals surface area contributed by atoms with Gasteiger partial charge in [0.25, 0.3) is 0 Å². The molecular weight excluding hydrogens is 427 g/mol. The van der Waals surface area contributed by atoms with Crippen molar-refractivity contribution in [1.29, 1.82) is 0 Å². The zero-order chi connectivity index (χ0) is 22.9. The summed E-state index contributed by atoms with van der Waals surface area (Å²) in [6.07, 6.45) is 0. The molecule has 1 saturated heterocycles. The molecule has 2 aliphatic heterocycles. The van der Waals surface area contributed by atoms with E-state index in [4.69, 9.17) is 0 Å². The molecule has 0 saturated carbocycles. The highest BCUT2D eigenvalue weighted by molar-refractivity contribution is 5.76. The summed E-state index contributed by atoms with van der Waals surface area (Å²) in [6, 6.07) is 15.8. The number of amides is 1. The first kappa shape index (κ1) is 20.9. The summed E-state index contributed by atoms with van der Waals surface area (Å²) in [4.78, 5) is 43.8. The van der Waals surface area contributed by atoms with Gasteiger partial charge in [0, 0.05) is 50.6 Å². The molecule has 33 heavy (non-hydrogen) atoms. The molecule has 170 valence electrons. The van der Waals surface area contributed by atoms with Gasteiger partial charge in [0.15, 0.2) is 0 Å². The molecule has 5 rings (SSSR count). The van der Waals surface area contributed by atoms with Gasteiger partial charge in [0.1, 0.15) is 12.4 Å². The van der Waals surface area contributed by atoms with E-state index in [0.29, 0.717) is 45.0 Å². The molecule has 2 aromatic carbocycles. The van der Waals surface area contributed by atoms with E-state index in [9.17, 15) is 18.8 Å². The number of piperazine rings is 1. The number of carbonyl (C=O) groups excluding carboxylic acids is 1. The fraction of sp³-hybridized carbons (Fsp3) is 0.304.